The second-order valence-electron chi connectivity index (χ2n) is 4.74. The van der Waals surface area contributed by atoms with Crippen LogP contribution in [0.15, 0.2) is 4.99 Å². The van der Waals surface area contributed by atoms with Crippen LogP contribution >= 0.6 is 0 Å². The normalized spacial score (nSPS) is 12.7. The predicted octanol–water partition coefficient (Wildman–Crippen LogP) is 1.74. The number of hydrogen-bond acceptors (Lipinski definition) is 4. The summed E-state index contributed by atoms with van der Waals surface area (Å²) >= 11 is 0. The fourth-order valence-electron chi connectivity index (χ4n) is 2.29. The standard InChI is InChI=1S/C13H30N3.CH4O3S/c1-7-14-13(15(8-2)9-3)16(10-4,11-5)12-6;1-5(2,3)4/h7-12H2,1-6H3;1H3,(H,2,3,4)/q+1;/p-1/b14-13+;. The van der Waals surface area contributed by atoms with E-state index in [0.717, 1.165) is 43.8 Å². The van der Waals surface area contributed by atoms with E-state index in [1.165, 1.54) is 5.96 Å². The molecule has 0 aromatic rings. The van der Waals surface area contributed by atoms with Crippen molar-refractivity contribution in [3.63, 3.8) is 0 Å². The van der Waals surface area contributed by atoms with Gasteiger partial charge in [0.05, 0.1) is 29.8 Å². The Morgan fingerprint density at radius 1 is 1.00 bits per heavy atom. The van der Waals surface area contributed by atoms with Gasteiger partial charge in [-0.05, 0) is 41.5 Å². The van der Waals surface area contributed by atoms with E-state index in [4.69, 9.17) is 18.0 Å². The van der Waals surface area contributed by atoms with Crippen molar-refractivity contribution in [3.05, 3.63) is 0 Å². The fourth-order valence-corrected chi connectivity index (χ4v) is 2.29. The molecule has 0 aromatic carbocycles. The first-order valence-electron chi connectivity index (χ1n) is 7.72. The highest BCUT2D eigenvalue weighted by atomic mass is 32.2. The summed E-state index contributed by atoms with van der Waals surface area (Å²) in [5.74, 6) is 1.28. The van der Waals surface area contributed by atoms with E-state index < -0.39 is 10.1 Å². The molecule has 0 fully saturated rings. The number of hydrogen-bond donors (Lipinski definition) is 0. The van der Waals surface area contributed by atoms with Crippen LogP contribution < -0.4 is 0 Å². The molecule has 0 radical (unpaired) electrons. The third-order valence-electron chi connectivity index (χ3n) is 3.59. The summed E-state index contributed by atoms with van der Waals surface area (Å²) in [4.78, 5) is 7.17. The fraction of sp³-hybridized carbons (Fsp3) is 0.929. The van der Waals surface area contributed by atoms with E-state index in [9.17, 15) is 0 Å². The molecule has 0 saturated carbocycles. The molecule has 0 amide bonds. The average molecular weight is 324 g/mol. The van der Waals surface area contributed by atoms with Crippen molar-refractivity contribution in [3.8, 4) is 0 Å². The molecule has 0 rings (SSSR count). The highest BCUT2D eigenvalue weighted by Gasteiger charge is 2.32. The summed E-state index contributed by atoms with van der Waals surface area (Å²) in [5, 5.41) is 0. The molecule has 128 valence electrons. The van der Waals surface area contributed by atoms with E-state index in [1.807, 2.05) is 0 Å². The lowest BCUT2D eigenvalue weighted by atomic mass is 10.3. The minimum Gasteiger partial charge on any atom is -0.748 e. The lowest BCUT2D eigenvalue weighted by Crippen LogP contribution is -2.59. The molecule has 0 aromatic heterocycles. The highest BCUT2D eigenvalue weighted by molar-refractivity contribution is 7.84. The van der Waals surface area contributed by atoms with Crippen molar-refractivity contribution < 1.29 is 17.5 Å². The Balaban J connectivity index is 0. The second kappa shape index (κ2) is 11.0. The zero-order valence-corrected chi connectivity index (χ0v) is 15.5. The topological polar surface area (TPSA) is 72.8 Å². The lowest BCUT2D eigenvalue weighted by molar-refractivity contribution is -0.841. The Morgan fingerprint density at radius 3 is 1.52 bits per heavy atom. The van der Waals surface area contributed by atoms with Crippen molar-refractivity contribution >= 4 is 16.1 Å². The van der Waals surface area contributed by atoms with Crippen molar-refractivity contribution in [2.45, 2.75) is 41.5 Å². The van der Waals surface area contributed by atoms with Gasteiger partial charge in [-0.2, -0.15) is 0 Å². The molecule has 0 aliphatic rings. The van der Waals surface area contributed by atoms with E-state index in [2.05, 4.69) is 46.4 Å². The third kappa shape index (κ3) is 9.06. The summed E-state index contributed by atoms with van der Waals surface area (Å²) in [6, 6.07) is 0. The summed E-state index contributed by atoms with van der Waals surface area (Å²) in [6.45, 7) is 19.7. The van der Waals surface area contributed by atoms with Crippen LogP contribution in [0.25, 0.3) is 0 Å². The van der Waals surface area contributed by atoms with Crippen molar-refractivity contribution in [2.75, 3.05) is 45.5 Å². The van der Waals surface area contributed by atoms with Gasteiger partial charge in [0.1, 0.15) is 0 Å². The van der Waals surface area contributed by atoms with Crippen LogP contribution in [0.4, 0.5) is 0 Å². The molecular weight excluding hydrogens is 290 g/mol. The molecule has 6 nitrogen and oxygen atoms in total. The maximum atomic E-state index is 9.08. The Kier molecular flexibility index (Phi) is 11.8. The van der Waals surface area contributed by atoms with Crippen LogP contribution in [0.2, 0.25) is 0 Å². The molecule has 0 aliphatic carbocycles. The van der Waals surface area contributed by atoms with Crippen molar-refractivity contribution in [1.29, 1.82) is 0 Å². The first-order chi connectivity index (χ1) is 9.65. The van der Waals surface area contributed by atoms with Crippen LogP contribution in [0.3, 0.4) is 0 Å². The van der Waals surface area contributed by atoms with Crippen LogP contribution in [0.5, 0.6) is 0 Å². The quantitative estimate of drug-likeness (QED) is 0.323. The van der Waals surface area contributed by atoms with Crippen LogP contribution in [0, 0.1) is 0 Å². The van der Waals surface area contributed by atoms with Crippen LogP contribution in [-0.2, 0) is 10.1 Å². The Bertz CT molecular complexity index is 370. The smallest absolute Gasteiger partial charge is 0.300 e. The predicted molar refractivity (Wildman–Crippen MR) is 88.4 cm³/mol. The monoisotopic (exact) mass is 323 g/mol. The minimum absolute atomic E-state index is 0.604. The first kappa shape index (κ1) is 22.6. The SMILES string of the molecule is CC/N=C(\N(CC)CC)[N+](CC)(CC)CC.CS(=O)(=O)[O-]. The van der Waals surface area contributed by atoms with E-state index >= 15 is 0 Å². The molecule has 0 N–H and O–H groups in total. The molecule has 0 bridgehead atoms. The van der Waals surface area contributed by atoms with Gasteiger partial charge >= 0.3 is 0 Å². The Hall–Kier alpha value is -0.660. The van der Waals surface area contributed by atoms with E-state index in [0.29, 0.717) is 6.26 Å². The van der Waals surface area contributed by atoms with Gasteiger partial charge in [0, 0.05) is 25.9 Å². The summed E-state index contributed by atoms with van der Waals surface area (Å²) in [7, 11) is -3.92. The van der Waals surface area contributed by atoms with E-state index in [-0.39, 0.29) is 0 Å². The molecule has 21 heavy (non-hydrogen) atoms. The zero-order valence-electron chi connectivity index (χ0n) is 14.7. The molecule has 0 aliphatic heterocycles. The van der Waals surface area contributed by atoms with E-state index in [1.54, 1.807) is 0 Å². The summed E-state index contributed by atoms with van der Waals surface area (Å²) in [6.07, 6.45) is 0.604. The number of quaternary nitrogens is 1. The first-order valence-corrected chi connectivity index (χ1v) is 9.54. The number of aliphatic imine (C=N–C) groups is 1. The maximum Gasteiger partial charge on any atom is 0.300 e. The number of guanidine groups is 1. The average Bonchev–Trinajstić information content (AvgIpc) is 2.41. The lowest BCUT2D eigenvalue weighted by Gasteiger charge is -2.39. The van der Waals surface area contributed by atoms with Gasteiger partial charge in [0.25, 0.3) is 5.96 Å². The molecule has 0 atom stereocenters. The summed E-state index contributed by atoms with van der Waals surface area (Å²) in [5.41, 5.74) is 0. The Morgan fingerprint density at radius 2 is 1.33 bits per heavy atom. The Labute approximate surface area is 131 Å². The zero-order chi connectivity index (χ0) is 17.1. The van der Waals surface area contributed by atoms with Gasteiger partial charge in [0.2, 0.25) is 0 Å². The number of nitrogens with zero attached hydrogens (tertiary/aromatic N) is 3. The van der Waals surface area contributed by atoms with Crippen molar-refractivity contribution in [1.82, 2.24) is 4.90 Å². The van der Waals surface area contributed by atoms with Crippen LogP contribution in [0.1, 0.15) is 41.5 Å². The minimum atomic E-state index is -3.92. The molecule has 0 spiro atoms. The van der Waals surface area contributed by atoms with Gasteiger partial charge in [0.15, 0.2) is 0 Å². The van der Waals surface area contributed by atoms with Gasteiger partial charge in [-0.25, -0.2) is 13.4 Å². The molecule has 0 heterocycles. The molecular formula is C14H33N3O3S. The van der Waals surface area contributed by atoms with Gasteiger partial charge in [-0.3, -0.25) is 4.48 Å². The van der Waals surface area contributed by atoms with Gasteiger partial charge < -0.3 is 9.45 Å². The van der Waals surface area contributed by atoms with Crippen molar-refractivity contribution in [2.24, 2.45) is 4.99 Å². The second-order valence-corrected chi connectivity index (χ2v) is 6.15. The third-order valence-corrected chi connectivity index (χ3v) is 3.59. The molecule has 0 unspecified atom stereocenters. The summed E-state index contributed by atoms with van der Waals surface area (Å²) < 4.78 is 28.2. The van der Waals surface area contributed by atoms with Gasteiger partial charge in [-0.1, -0.05) is 0 Å². The molecule has 7 heteroatoms. The molecule has 0 saturated heterocycles. The van der Waals surface area contributed by atoms with Crippen LogP contribution in [-0.4, -0.2) is 73.8 Å². The maximum absolute atomic E-state index is 9.08. The number of rotatable bonds is 6. The largest absolute Gasteiger partial charge is 0.748 e. The van der Waals surface area contributed by atoms with Gasteiger partial charge in [-0.15, -0.1) is 0 Å². The highest BCUT2D eigenvalue weighted by Crippen LogP contribution is 2.12.